The van der Waals surface area contributed by atoms with Gasteiger partial charge in [0.05, 0.1) is 11.2 Å². The van der Waals surface area contributed by atoms with Crippen molar-refractivity contribution in [3.05, 3.63) is 65.9 Å². The number of alkyl halides is 1. The quantitative estimate of drug-likeness (QED) is 0.508. The van der Waals surface area contributed by atoms with Crippen LogP contribution in [0.5, 0.6) is 0 Å². The highest BCUT2D eigenvalue weighted by Gasteiger charge is 2.16. The summed E-state index contributed by atoms with van der Waals surface area (Å²) >= 11 is 0. The molecule has 5 nitrogen and oxygen atoms in total. The fourth-order valence-electron chi connectivity index (χ4n) is 3.20. The second kappa shape index (κ2) is 7.17. The number of rotatable bonds is 5. The number of carbonyl (C=O) groups is 1. The third-order valence-corrected chi connectivity index (χ3v) is 4.54. The Labute approximate surface area is 155 Å². The summed E-state index contributed by atoms with van der Waals surface area (Å²) in [5, 5.41) is 4.70. The van der Waals surface area contributed by atoms with Crippen LogP contribution in [0.4, 0.5) is 4.39 Å². The third kappa shape index (κ3) is 3.15. The molecule has 4 aromatic rings. The summed E-state index contributed by atoms with van der Waals surface area (Å²) < 4.78 is 12.9. The van der Waals surface area contributed by atoms with E-state index in [9.17, 15) is 9.18 Å². The lowest BCUT2D eigenvalue weighted by Crippen LogP contribution is -2.29. The highest BCUT2D eigenvalue weighted by atomic mass is 19.1. The fraction of sp³-hybridized carbons (Fsp3) is 0.143. The number of benzene rings is 2. The van der Waals surface area contributed by atoms with Crippen molar-refractivity contribution in [1.82, 2.24) is 15.3 Å². The SMILES string of the molecule is NCCNC(=O)c1cc2c([nH]c3ccccc32)c(-c2ccc(CF)cc2)n1. The third-order valence-electron chi connectivity index (χ3n) is 4.54. The van der Waals surface area contributed by atoms with Crippen LogP contribution in [0.2, 0.25) is 0 Å². The fourth-order valence-corrected chi connectivity index (χ4v) is 3.20. The summed E-state index contributed by atoms with van der Waals surface area (Å²) in [5.74, 6) is -0.269. The monoisotopic (exact) mass is 362 g/mol. The van der Waals surface area contributed by atoms with Crippen LogP contribution in [0.3, 0.4) is 0 Å². The number of amides is 1. The number of fused-ring (bicyclic) bond motifs is 3. The van der Waals surface area contributed by atoms with Gasteiger partial charge in [0.1, 0.15) is 12.4 Å². The number of aromatic nitrogens is 2. The second-order valence-corrected chi connectivity index (χ2v) is 6.32. The molecule has 0 spiro atoms. The molecule has 0 aliphatic heterocycles. The van der Waals surface area contributed by atoms with Gasteiger partial charge in [0, 0.05) is 34.9 Å². The number of carbonyl (C=O) groups excluding carboxylic acids is 1. The van der Waals surface area contributed by atoms with Gasteiger partial charge >= 0.3 is 0 Å². The molecule has 0 radical (unpaired) electrons. The topological polar surface area (TPSA) is 83.8 Å². The van der Waals surface area contributed by atoms with Gasteiger partial charge in [-0.1, -0.05) is 42.5 Å². The minimum absolute atomic E-state index is 0.269. The Kier molecular flexibility index (Phi) is 4.56. The zero-order chi connectivity index (χ0) is 18.8. The Hall–Kier alpha value is -3.25. The first-order valence-corrected chi connectivity index (χ1v) is 8.76. The van der Waals surface area contributed by atoms with E-state index in [0.717, 1.165) is 27.4 Å². The average Bonchev–Trinajstić information content (AvgIpc) is 3.10. The van der Waals surface area contributed by atoms with Crippen molar-refractivity contribution in [2.75, 3.05) is 13.1 Å². The van der Waals surface area contributed by atoms with Crippen LogP contribution in [-0.2, 0) is 6.67 Å². The maximum absolute atomic E-state index is 12.9. The second-order valence-electron chi connectivity index (χ2n) is 6.32. The van der Waals surface area contributed by atoms with Crippen molar-refractivity contribution in [1.29, 1.82) is 0 Å². The minimum Gasteiger partial charge on any atom is -0.353 e. The Morgan fingerprint density at radius 1 is 1.11 bits per heavy atom. The molecule has 0 fully saturated rings. The number of hydrogen-bond donors (Lipinski definition) is 3. The van der Waals surface area contributed by atoms with Crippen LogP contribution in [-0.4, -0.2) is 29.0 Å². The first kappa shape index (κ1) is 17.2. The molecule has 4 N–H and O–H groups in total. The predicted molar refractivity (Wildman–Crippen MR) is 105 cm³/mol. The Balaban J connectivity index is 1.95. The van der Waals surface area contributed by atoms with Gasteiger partial charge in [-0.25, -0.2) is 9.37 Å². The number of aromatic amines is 1. The molecule has 0 aliphatic carbocycles. The average molecular weight is 362 g/mol. The molecule has 0 aliphatic rings. The van der Waals surface area contributed by atoms with Crippen molar-refractivity contribution >= 4 is 27.7 Å². The normalized spacial score (nSPS) is 11.2. The van der Waals surface area contributed by atoms with Crippen molar-refractivity contribution in [2.24, 2.45) is 5.73 Å². The lowest BCUT2D eigenvalue weighted by molar-refractivity contribution is 0.0950. The van der Waals surface area contributed by atoms with Crippen molar-refractivity contribution in [3.8, 4) is 11.3 Å². The van der Waals surface area contributed by atoms with Gasteiger partial charge in [0.2, 0.25) is 0 Å². The van der Waals surface area contributed by atoms with E-state index in [1.54, 1.807) is 18.2 Å². The molecule has 2 aromatic carbocycles. The summed E-state index contributed by atoms with van der Waals surface area (Å²) in [6.45, 7) is 0.225. The lowest BCUT2D eigenvalue weighted by Gasteiger charge is -2.08. The standard InChI is InChI=1S/C21H19FN4O/c22-12-13-5-7-14(8-6-13)19-20-16(15-3-1-2-4-17(15)25-20)11-18(26-19)21(27)24-10-9-23/h1-8,11,25H,9-10,12,23H2,(H,24,27). The molecule has 0 unspecified atom stereocenters. The summed E-state index contributed by atoms with van der Waals surface area (Å²) in [6, 6.07) is 16.8. The van der Waals surface area contributed by atoms with Gasteiger partial charge in [-0.2, -0.15) is 0 Å². The molecular weight excluding hydrogens is 343 g/mol. The van der Waals surface area contributed by atoms with Crippen LogP contribution >= 0.6 is 0 Å². The van der Waals surface area contributed by atoms with Gasteiger partial charge in [-0.05, 0) is 17.7 Å². The van der Waals surface area contributed by atoms with Crippen molar-refractivity contribution < 1.29 is 9.18 Å². The highest BCUT2D eigenvalue weighted by molar-refractivity contribution is 6.13. The first-order valence-electron chi connectivity index (χ1n) is 8.76. The first-order chi connectivity index (χ1) is 13.2. The summed E-state index contributed by atoms with van der Waals surface area (Å²) in [4.78, 5) is 20.5. The molecule has 0 atom stereocenters. The van der Waals surface area contributed by atoms with E-state index in [1.807, 2.05) is 36.4 Å². The smallest absolute Gasteiger partial charge is 0.269 e. The molecule has 0 saturated carbocycles. The van der Waals surface area contributed by atoms with E-state index in [-0.39, 0.29) is 5.91 Å². The van der Waals surface area contributed by atoms with E-state index < -0.39 is 6.67 Å². The number of hydrogen-bond acceptors (Lipinski definition) is 3. The zero-order valence-electron chi connectivity index (χ0n) is 14.6. The number of para-hydroxylation sites is 1. The Morgan fingerprint density at radius 2 is 1.89 bits per heavy atom. The molecular formula is C21H19FN4O. The predicted octanol–water partition coefficient (Wildman–Crippen LogP) is 3.54. The van der Waals surface area contributed by atoms with Crippen LogP contribution in [0, 0.1) is 0 Å². The van der Waals surface area contributed by atoms with Crippen LogP contribution < -0.4 is 11.1 Å². The molecule has 4 rings (SSSR count). The molecule has 2 heterocycles. The minimum atomic E-state index is -0.517. The zero-order valence-corrected chi connectivity index (χ0v) is 14.6. The van der Waals surface area contributed by atoms with Crippen LogP contribution in [0.15, 0.2) is 54.6 Å². The summed E-state index contributed by atoms with van der Waals surface area (Å²) in [5.41, 5.74) is 9.70. The maximum Gasteiger partial charge on any atom is 0.269 e. The van der Waals surface area contributed by atoms with E-state index in [0.29, 0.717) is 30.0 Å². The molecule has 2 aromatic heterocycles. The molecule has 0 saturated heterocycles. The molecule has 1 amide bonds. The van der Waals surface area contributed by atoms with Gasteiger partial charge in [-0.15, -0.1) is 0 Å². The van der Waals surface area contributed by atoms with E-state index >= 15 is 0 Å². The van der Waals surface area contributed by atoms with Gasteiger partial charge in [0.15, 0.2) is 0 Å². The number of nitrogens with one attached hydrogen (secondary N) is 2. The van der Waals surface area contributed by atoms with Crippen LogP contribution in [0.25, 0.3) is 33.1 Å². The molecule has 27 heavy (non-hydrogen) atoms. The van der Waals surface area contributed by atoms with Crippen molar-refractivity contribution in [2.45, 2.75) is 6.67 Å². The largest absolute Gasteiger partial charge is 0.353 e. The maximum atomic E-state index is 12.9. The number of H-pyrrole nitrogens is 1. The van der Waals surface area contributed by atoms with Gasteiger partial charge in [-0.3, -0.25) is 4.79 Å². The van der Waals surface area contributed by atoms with E-state index in [4.69, 9.17) is 5.73 Å². The number of nitrogens with two attached hydrogens (primary N) is 1. The van der Waals surface area contributed by atoms with E-state index in [1.165, 1.54) is 0 Å². The Morgan fingerprint density at radius 3 is 2.63 bits per heavy atom. The number of pyridine rings is 1. The van der Waals surface area contributed by atoms with Crippen molar-refractivity contribution in [3.63, 3.8) is 0 Å². The van der Waals surface area contributed by atoms with Gasteiger partial charge < -0.3 is 16.0 Å². The molecule has 6 heteroatoms. The summed E-state index contributed by atoms with van der Waals surface area (Å²) in [7, 11) is 0. The number of halogens is 1. The van der Waals surface area contributed by atoms with Gasteiger partial charge in [0.25, 0.3) is 5.91 Å². The lowest BCUT2D eigenvalue weighted by atomic mass is 10.0. The Bertz CT molecular complexity index is 1120. The number of nitrogens with zero attached hydrogens (tertiary/aromatic N) is 1. The summed E-state index contributed by atoms with van der Waals surface area (Å²) in [6.07, 6.45) is 0. The van der Waals surface area contributed by atoms with E-state index in [2.05, 4.69) is 15.3 Å². The van der Waals surface area contributed by atoms with Crippen LogP contribution in [0.1, 0.15) is 16.1 Å². The molecule has 0 bridgehead atoms. The highest BCUT2D eigenvalue weighted by Crippen LogP contribution is 2.32. The molecule has 136 valence electrons.